The van der Waals surface area contributed by atoms with Crippen LogP contribution in [0.2, 0.25) is 0 Å². The highest BCUT2D eigenvalue weighted by Gasteiger charge is 2.43. The maximum Gasteiger partial charge on any atom is 0.243 e. The fourth-order valence-corrected chi connectivity index (χ4v) is 5.64. The number of benzene rings is 1. The smallest absolute Gasteiger partial charge is 0.243 e. The van der Waals surface area contributed by atoms with Gasteiger partial charge in [-0.3, -0.25) is 0 Å². The molecular formula is C15H22N2O2S. The summed E-state index contributed by atoms with van der Waals surface area (Å²) in [5.74, 6) is 0. The van der Waals surface area contributed by atoms with E-state index in [9.17, 15) is 8.42 Å². The van der Waals surface area contributed by atoms with Gasteiger partial charge in [-0.1, -0.05) is 17.7 Å². The molecule has 0 saturated carbocycles. The maximum absolute atomic E-state index is 13.0. The summed E-state index contributed by atoms with van der Waals surface area (Å²) in [7, 11) is -3.38. The van der Waals surface area contributed by atoms with Gasteiger partial charge in [-0.2, -0.15) is 4.31 Å². The molecule has 2 bridgehead atoms. The zero-order valence-electron chi connectivity index (χ0n) is 12.1. The lowest BCUT2D eigenvalue weighted by molar-refractivity contribution is 0.334. The second kappa shape index (κ2) is 5.13. The van der Waals surface area contributed by atoms with E-state index < -0.39 is 10.0 Å². The predicted molar refractivity (Wildman–Crippen MR) is 79.2 cm³/mol. The first-order valence-corrected chi connectivity index (χ1v) is 8.75. The van der Waals surface area contributed by atoms with Crippen LogP contribution in [-0.2, 0) is 10.0 Å². The van der Waals surface area contributed by atoms with E-state index in [2.05, 4.69) is 5.32 Å². The molecule has 2 aliphatic heterocycles. The number of nitrogens with one attached hydrogen (secondary N) is 1. The second-order valence-corrected chi connectivity index (χ2v) is 7.79. The molecule has 4 nitrogen and oxygen atoms in total. The molecule has 1 N–H and O–H groups in total. The van der Waals surface area contributed by atoms with Gasteiger partial charge in [0.25, 0.3) is 0 Å². The van der Waals surface area contributed by atoms with Crippen molar-refractivity contribution in [1.82, 2.24) is 9.62 Å². The standard InChI is InChI=1S/C15H22N2O2S/c1-11-3-6-15(12(2)9-11)20(18,19)17-13-4-5-14(17)10-16-8-7-13/h3,6,9,13-14,16H,4-5,7-8,10H2,1-2H3. The zero-order chi connectivity index (χ0) is 14.3. The van der Waals surface area contributed by atoms with Crippen LogP contribution in [0.5, 0.6) is 0 Å². The molecule has 2 saturated heterocycles. The van der Waals surface area contributed by atoms with E-state index in [0.717, 1.165) is 43.5 Å². The minimum absolute atomic E-state index is 0.119. The van der Waals surface area contributed by atoms with Gasteiger partial charge in [-0.05, 0) is 51.3 Å². The Hall–Kier alpha value is -0.910. The van der Waals surface area contributed by atoms with Crippen molar-refractivity contribution in [3.05, 3.63) is 29.3 Å². The summed E-state index contributed by atoms with van der Waals surface area (Å²) in [4.78, 5) is 0.474. The third kappa shape index (κ3) is 2.28. The Balaban J connectivity index is 2.03. The van der Waals surface area contributed by atoms with Crippen LogP contribution in [0, 0.1) is 13.8 Å². The summed E-state index contributed by atoms with van der Waals surface area (Å²) in [6.07, 6.45) is 2.89. The van der Waals surface area contributed by atoms with E-state index >= 15 is 0 Å². The second-order valence-electron chi connectivity index (χ2n) is 5.98. The van der Waals surface area contributed by atoms with Crippen LogP contribution in [0.3, 0.4) is 0 Å². The van der Waals surface area contributed by atoms with Crippen molar-refractivity contribution in [3.63, 3.8) is 0 Å². The first-order valence-electron chi connectivity index (χ1n) is 7.31. The molecule has 2 fully saturated rings. The zero-order valence-corrected chi connectivity index (χ0v) is 12.9. The van der Waals surface area contributed by atoms with E-state index in [0.29, 0.717) is 4.90 Å². The lowest BCUT2D eigenvalue weighted by Gasteiger charge is -2.27. The van der Waals surface area contributed by atoms with E-state index in [1.807, 2.05) is 26.0 Å². The number of nitrogens with zero attached hydrogens (tertiary/aromatic N) is 1. The first kappa shape index (κ1) is 14.0. The van der Waals surface area contributed by atoms with Crippen LogP contribution < -0.4 is 5.32 Å². The number of rotatable bonds is 2. The molecule has 20 heavy (non-hydrogen) atoms. The molecule has 2 atom stereocenters. The molecule has 1 aromatic carbocycles. The van der Waals surface area contributed by atoms with Gasteiger partial charge in [0, 0.05) is 18.6 Å². The Morgan fingerprint density at radius 1 is 1.15 bits per heavy atom. The molecule has 1 aromatic rings. The van der Waals surface area contributed by atoms with Gasteiger partial charge in [0.05, 0.1) is 4.90 Å². The normalized spacial score (nSPS) is 27.5. The van der Waals surface area contributed by atoms with E-state index in [1.165, 1.54) is 0 Å². The number of fused-ring (bicyclic) bond motifs is 2. The van der Waals surface area contributed by atoms with E-state index in [1.54, 1.807) is 10.4 Å². The maximum atomic E-state index is 13.0. The van der Waals surface area contributed by atoms with E-state index in [-0.39, 0.29) is 12.1 Å². The first-order chi connectivity index (χ1) is 9.50. The van der Waals surface area contributed by atoms with Crippen LogP contribution in [0.25, 0.3) is 0 Å². The third-order valence-electron chi connectivity index (χ3n) is 4.47. The highest BCUT2D eigenvalue weighted by Crippen LogP contribution is 2.34. The molecule has 2 aliphatic rings. The summed E-state index contributed by atoms with van der Waals surface area (Å²) in [5.41, 5.74) is 1.95. The lowest BCUT2D eigenvalue weighted by atomic mass is 10.1. The molecule has 0 radical (unpaired) electrons. The summed E-state index contributed by atoms with van der Waals surface area (Å²) in [6.45, 7) is 5.57. The summed E-state index contributed by atoms with van der Waals surface area (Å²) in [6, 6.07) is 5.88. The SMILES string of the molecule is Cc1ccc(S(=O)(=O)N2C3CCNCC2CC3)c(C)c1. The summed E-state index contributed by atoms with van der Waals surface area (Å²) < 4.78 is 27.8. The largest absolute Gasteiger partial charge is 0.315 e. The molecule has 0 aromatic heterocycles. The third-order valence-corrected chi connectivity index (χ3v) is 6.64. The molecule has 2 unspecified atom stereocenters. The van der Waals surface area contributed by atoms with Crippen molar-refractivity contribution in [2.45, 2.75) is 50.1 Å². The topological polar surface area (TPSA) is 49.4 Å². The van der Waals surface area contributed by atoms with Gasteiger partial charge < -0.3 is 5.32 Å². The molecule has 0 amide bonds. The Bertz CT molecular complexity index is 598. The number of aryl methyl sites for hydroxylation is 2. The molecule has 2 heterocycles. The van der Waals surface area contributed by atoms with Gasteiger partial charge in [-0.15, -0.1) is 0 Å². The van der Waals surface area contributed by atoms with Crippen LogP contribution in [0.4, 0.5) is 0 Å². The van der Waals surface area contributed by atoms with Gasteiger partial charge >= 0.3 is 0 Å². The lowest BCUT2D eigenvalue weighted by Crippen LogP contribution is -2.42. The van der Waals surface area contributed by atoms with Gasteiger partial charge in [0.15, 0.2) is 0 Å². The van der Waals surface area contributed by atoms with Crippen molar-refractivity contribution in [2.24, 2.45) is 0 Å². The minimum Gasteiger partial charge on any atom is -0.315 e. The average molecular weight is 294 g/mol. The quantitative estimate of drug-likeness (QED) is 0.905. The fraction of sp³-hybridized carbons (Fsp3) is 0.600. The van der Waals surface area contributed by atoms with E-state index in [4.69, 9.17) is 0 Å². The average Bonchev–Trinajstić information content (AvgIpc) is 2.63. The van der Waals surface area contributed by atoms with Gasteiger partial charge in [0.2, 0.25) is 10.0 Å². The number of hydrogen-bond acceptors (Lipinski definition) is 3. The fourth-order valence-electron chi connectivity index (χ4n) is 3.53. The van der Waals surface area contributed by atoms with Crippen LogP contribution >= 0.6 is 0 Å². The summed E-state index contributed by atoms with van der Waals surface area (Å²) in [5, 5.41) is 3.35. The predicted octanol–water partition coefficient (Wildman–Crippen LogP) is 1.82. The molecule has 110 valence electrons. The number of hydrogen-bond donors (Lipinski definition) is 1. The molecule has 0 spiro atoms. The molecule has 5 heteroatoms. The Morgan fingerprint density at radius 2 is 1.90 bits per heavy atom. The van der Waals surface area contributed by atoms with Crippen LogP contribution in [-0.4, -0.2) is 37.9 Å². The van der Waals surface area contributed by atoms with Gasteiger partial charge in [0.1, 0.15) is 0 Å². The highest BCUT2D eigenvalue weighted by molar-refractivity contribution is 7.89. The molecule has 3 rings (SSSR count). The highest BCUT2D eigenvalue weighted by atomic mass is 32.2. The molecular weight excluding hydrogens is 272 g/mol. The number of sulfonamides is 1. The minimum atomic E-state index is -3.38. The summed E-state index contributed by atoms with van der Waals surface area (Å²) >= 11 is 0. The van der Waals surface area contributed by atoms with Crippen molar-refractivity contribution < 1.29 is 8.42 Å². The molecule has 0 aliphatic carbocycles. The van der Waals surface area contributed by atoms with Crippen molar-refractivity contribution in [1.29, 1.82) is 0 Å². The van der Waals surface area contributed by atoms with Crippen molar-refractivity contribution in [3.8, 4) is 0 Å². The van der Waals surface area contributed by atoms with Gasteiger partial charge in [-0.25, -0.2) is 8.42 Å². The van der Waals surface area contributed by atoms with Crippen molar-refractivity contribution >= 4 is 10.0 Å². The van der Waals surface area contributed by atoms with Crippen LogP contribution in [0.15, 0.2) is 23.1 Å². The Labute approximate surface area is 121 Å². The van der Waals surface area contributed by atoms with Crippen LogP contribution in [0.1, 0.15) is 30.4 Å². The Kier molecular flexibility index (Phi) is 3.60. The Morgan fingerprint density at radius 3 is 2.65 bits per heavy atom. The monoisotopic (exact) mass is 294 g/mol. The van der Waals surface area contributed by atoms with Crippen molar-refractivity contribution in [2.75, 3.05) is 13.1 Å².